The normalized spacial score (nSPS) is 11.8. The first-order valence-electron chi connectivity index (χ1n) is 5.23. The molecular weight excluding hydrogens is 236 g/mol. The van der Waals surface area contributed by atoms with Gasteiger partial charge in [0.05, 0.1) is 10.6 Å². The number of carbonyl (C=O) groups is 1. The van der Waals surface area contributed by atoms with Crippen molar-refractivity contribution in [1.82, 2.24) is 5.32 Å². The molecule has 4 heteroatoms. The van der Waals surface area contributed by atoms with E-state index in [4.69, 9.17) is 17.3 Å². The second-order valence-electron chi connectivity index (χ2n) is 3.50. The van der Waals surface area contributed by atoms with E-state index in [1.54, 1.807) is 24.3 Å². The summed E-state index contributed by atoms with van der Waals surface area (Å²) in [5, 5.41) is 3.19. The van der Waals surface area contributed by atoms with Gasteiger partial charge in [0.15, 0.2) is 0 Å². The summed E-state index contributed by atoms with van der Waals surface area (Å²) in [5.41, 5.74) is 6.73. The molecule has 1 amide bonds. The van der Waals surface area contributed by atoms with Crippen molar-refractivity contribution in [2.45, 2.75) is 6.92 Å². The van der Waals surface area contributed by atoms with Crippen molar-refractivity contribution in [3.8, 4) is 0 Å². The Morgan fingerprint density at radius 2 is 2.18 bits per heavy atom. The van der Waals surface area contributed by atoms with Crippen molar-refractivity contribution in [3.05, 3.63) is 58.8 Å². The number of nitrogens with two attached hydrogens (primary N) is 1. The van der Waals surface area contributed by atoms with Gasteiger partial charge in [-0.25, -0.2) is 0 Å². The molecule has 0 aliphatic rings. The van der Waals surface area contributed by atoms with Gasteiger partial charge in [-0.15, -0.1) is 0 Å². The molecule has 0 spiro atoms. The highest BCUT2D eigenvalue weighted by molar-refractivity contribution is 6.33. The van der Waals surface area contributed by atoms with Crippen LogP contribution in [0, 0.1) is 0 Å². The third-order valence-electron chi connectivity index (χ3n) is 2.14. The molecule has 0 radical (unpaired) electrons. The van der Waals surface area contributed by atoms with Crippen molar-refractivity contribution < 1.29 is 4.79 Å². The Morgan fingerprint density at radius 3 is 2.82 bits per heavy atom. The van der Waals surface area contributed by atoms with Gasteiger partial charge < -0.3 is 11.1 Å². The van der Waals surface area contributed by atoms with Gasteiger partial charge in [0, 0.05) is 6.54 Å². The lowest BCUT2D eigenvalue weighted by atomic mass is 10.2. The highest BCUT2D eigenvalue weighted by Crippen LogP contribution is 2.14. The summed E-state index contributed by atoms with van der Waals surface area (Å²) < 4.78 is 0. The van der Waals surface area contributed by atoms with E-state index in [0.29, 0.717) is 17.1 Å². The van der Waals surface area contributed by atoms with Crippen LogP contribution in [0.2, 0.25) is 5.02 Å². The Balaban J connectivity index is 2.52. The van der Waals surface area contributed by atoms with E-state index in [9.17, 15) is 4.79 Å². The van der Waals surface area contributed by atoms with E-state index in [1.165, 1.54) is 6.20 Å². The molecule has 0 heterocycles. The molecule has 0 aliphatic carbocycles. The monoisotopic (exact) mass is 250 g/mol. The summed E-state index contributed by atoms with van der Waals surface area (Å²) in [7, 11) is 0. The highest BCUT2D eigenvalue weighted by Gasteiger charge is 2.07. The maximum atomic E-state index is 11.7. The van der Waals surface area contributed by atoms with Crippen LogP contribution in [0.5, 0.6) is 0 Å². The maximum Gasteiger partial charge on any atom is 0.253 e. The van der Waals surface area contributed by atoms with Crippen molar-refractivity contribution in [2.24, 2.45) is 5.73 Å². The predicted octanol–water partition coefficient (Wildman–Crippen LogP) is 2.49. The van der Waals surface area contributed by atoms with E-state index < -0.39 is 0 Å². The van der Waals surface area contributed by atoms with Gasteiger partial charge in [-0.05, 0) is 30.8 Å². The van der Waals surface area contributed by atoms with Crippen LogP contribution < -0.4 is 11.1 Å². The maximum absolute atomic E-state index is 11.7. The number of benzene rings is 1. The lowest BCUT2D eigenvalue weighted by Crippen LogP contribution is -2.23. The van der Waals surface area contributed by atoms with E-state index in [2.05, 4.69) is 5.32 Å². The molecule has 1 aromatic carbocycles. The van der Waals surface area contributed by atoms with Gasteiger partial charge in [-0.3, -0.25) is 4.79 Å². The Morgan fingerprint density at radius 1 is 1.47 bits per heavy atom. The van der Waals surface area contributed by atoms with Crippen molar-refractivity contribution in [3.63, 3.8) is 0 Å². The summed E-state index contributed by atoms with van der Waals surface area (Å²) in [6.07, 6.45) is 5.17. The summed E-state index contributed by atoms with van der Waals surface area (Å²) in [5.74, 6) is -0.186. The lowest BCUT2D eigenvalue weighted by Gasteiger charge is -2.03. The smallest absolute Gasteiger partial charge is 0.253 e. The number of allylic oxidation sites excluding steroid dienone is 2. The number of rotatable bonds is 4. The molecule has 0 bridgehead atoms. The quantitative estimate of drug-likeness (QED) is 0.807. The SMILES string of the molecule is CC(/C=C\CNC(=O)c1ccccc1Cl)=C/N. The molecular formula is C13H15ClN2O. The molecule has 0 fully saturated rings. The second-order valence-corrected chi connectivity index (χ2v) is 3.91. The third kappa shape index (κ3) is 4.33. The van der Waals surface area contributed by atoms with Gasteiger partial charge in [0.1, 0.15) is 0 Å². The van der Waals surface area contributed by atoms with E-state index in [1.807, 2.05) is 19.1 Å². The topological polar surface area (TPSA) is 55.1 Å². The Hall–Kier alpha value is -1.74. The average molecular weight is 251 g/mol. The van der Waals surface area contributed by atoms with Crippen LogP contribution in [0.25, 0.3) is 0 Å². The molecule has 0 saturated heterocycles. The fourth-order valence-electron chi connectivity index (χ4n) is 1.19. The minimum absolute atomic E-state index is 0.186. The van der Waals surface area contributed by atoms with Crippen molar-refractivity contribution in [1.29, 1.82) is 0 Å². The summed E-state index contributed by atoms with van der Waals surface area (Å²) in [6.45, 7) is 2.32. The van der Waals surface area contributed by atoms with Crippen LogP contribution in [0.3, 0.4) is 0 Å². The van der Waals surface area contributed by atoms with Gasteiger partial charge in [0.25, 0.3) is 5.91 Å². The predicted molar refractivity (Wildman–Crippen MR) is 70.9 cm³/mol. The van der Waals surface area contributed by atoms with Crippen LogP contribution in [-0.4, -0.2) is 12.5 Å². The average Bonchev–Trinajstić information content (AvgIpc) is 2.34. The van der Waals surface area contributed by atoms with Crippen LogP contribution in [0.1, 0.15) is 17.3 Å². The molecule has 3 N–H and O–H groups in total. The fourth-order valence-corrected chi connectivity index (χ4v) is 1.41. The Bertz CT molecular complexity index is 452. The molecule has 90 valence electrons. The standard InChI is InChI=1S/C13H15ClN2O/c1-10(9-15)5-4-8-16-13(17)11-6-2-3-7-12(11)14/h2-7,9H,8,15H2,1H3,(H,16,17)/b5-4-,10-9-. The molecule has 0 saturated carbocycles. The van der Waals surface area contributed by atoms with E-state index >= 15 is 0 Å². The van der Waals surface area contributed by atoms with Gasteiger partial charge in [-0.1, -0.05) is 35.9 Å². The minimum atomic E-state index is -0.186. The molecule has 0 atom stereocenters. The van der Waals surface area contributed by atoms with Crippen LogP contribution in [0.4, 0.5) is 0 Å². The summed E-state index contributed by atoms with van der Waals surface area (Å²) in [6, 6.07) is 6.94. The van der Waals surface area contributed by atoms with Crippen LogP contribution in [-0.2, 0) is 0 Å². The first-order valence-corrected chi connectivity index (χ1v) is 5.60. The zero-order valence-electron chi connectivity index (χ0n) is 9.61. The summed E-state index contributed by atoms with van der Waals surface area (Å²) >= 11 is 5.90. The number of halogens is 1. The zero-order chi connectivity index (χ0) is 12.7. The van der Waals surface area contributed by atoms with Crippen molar-refractivity contribution in [2.75, 3.05) is 6.54 Å². The number of carbonyl (C=O) groups excluding carboxylic acids is 1. The highest BCUT2D eigenvalue weighted by atomic mass is 35.5. The zero-order valence-corrected chi connectivity index (χ0v) is 10.4. The molecule has 1 aromatic rings. The first-order chi connectivity index (χ1) is 8.15. The molecule has 3 nitrogen and oxygen atoms in total. The fraction of sp³-hybridized carbons (Fsp3) is 0.154. The van der Waals surface area contributed by atoms with Crippen molar-refractivity contribution >= 4 is 17.5 Å². The van der Waals surface area contributed by atoms with E-state index in [0.717, 1.165) is 5.57 Å². The second kappa shape index (κ2) is 6.76. The lowest BCUT2D eigenvalue weighted by molar-refractivity contribution is 0.0958. The Kier molecular flexibility index (Phi) is 5.30. The molecule has 1 rings (SSSR count). The number of hydrogen-bond donors (Lipinski definition) is 2. The van der Waals surface area contributed by atoms with Gasteiger partial charge in [0.2, 0.25) is 0 Å². The number of nitrogens with one attached hydrogen (secondary N) is 1. The first kappa shape index (κ1) is 13.3. The Labute approximate surface area is 106 Å². The largest absolute Gasteiger partial charge is 0.404 e. The third-order valence-corrected chi connectivity index (χ3v) is 2.47. The molecule has 17 heavy (non-hydrogen) atoms. The molecule has 0 unspecified atom stereocenters. The molecule has 0 aromatic heterocycles. The van der Waals surface area contributed by atoms with E-state index in [-0.39, 0.29) is 5.91 Å². The van der Waals surface area contributed by atoms with Gasteiger partial charge >= 0.3 is 0 Å². The number of amides is 1. The minimum Gasteiger partial charge on any atom is -0.404 e. The summed E-state index contributed by atoms with van der Waals surface area (Å²) in [4.78, 5) is 11.7. The molecule has 0 aliphatic heterocycles. The van der Waals surface area contributed by atoms with Gasteiger partial charge in [-0.2, -0.15) is 0 Å². The van der Waals surface area contributed by atoms with Crippen LogP contribution in [0.15, 0.2) is 48.2 Å². The number of hydrogen-bond acceptors (Lipinski definition) is 2. The van der Waals surface area contributed by atoms with Crippen LogP contribution >= 0.6 is 11.6 Å².